The smallest absolute Gasteiger partial charge is 0.255 e. The predicted molar refractivity (Wildman–Crippen MR) is 136 cm³/mol. The fourth-order valence-corrected chi connectivity index (χ4v) is 3.91. The number of aromatic hydroxyl groups is 1. The molecule has 4 aromatic carbocycles. The van der Waals surface area contributed by atoms with Gasteiger partial charge in [-0.3, -0.25) is 9.59 Å². The van der Waals surface area contributed by atoms with E-state index in [4.69, 9.17) is 9.15 Å². The fourth-order valence-electron chi connectivity index (χ4n) is 3.91. The van der Waals surface area contributed by atoms with Crippen LogP contribution in [0, 0.1) is 5.82 Å². The molecule has 5 aromatic rings. The van der Waals surface area contributed by atoms with Crippen LogP contribution in [-0.4, -0.2) is 18.1 Å². The number of nitrogens with one attached hydrogen (secondary N) is 1. The number of fused-ring (bicyclic) bond motifs is 1. The molecule has 7 heteroatoms. The van der Waals surface area contributed by atoms with Crippen molar-refractivity contribution in [2.45, 2.75) is 0 Å². The van der Waals surface area contributed by atoms with Gasteiger partial charge in [0, 0.05) is 16.8 Å². The average molecular weight is 481 g/mol. The summed E-state index contributed by atoms with van der Waals surface area (Å²) in [4.78, 5) is 25.6. The number of halogens is 1. The van der Waals surface area contributed by atoms with E-state index in [1.165, 1.54) is 19.2 Å². The Morgan fingerprint density at radius 2 is 1.64 bits per heavy atom. The lowest BCUT2D eigenvalue weighted by atomic mass is 10.0. The molecule has 1 amide bonds. The lowest BCUT2D eigenvalue weighted by Crippen LogP contribution is -2.12. The minimum atomic E-state index is -0.581. The van der Waals surface area contributed by atoms with Crippen molar-refractivity contribution in [2.24, 2.45) is 0 Å². The first-order valence-corrected chi connectivity index (χ1v) is 11.0. The van der Waals surface area contributed by atoms with Crippen LogP contribution in [0.25, 0.3) is 33.4 Å². The second kappa shape index (κ2) is 9.38. The predicted octanol–water partition coefficient (Wildman–Crippen LogP) is 6.23. The molecule has 0 radical (unpaired) electrons. The van der Waals surface area contributed by atoms with Gasteiger partial charge in [-0.2, -0.15) is 0 Å². The summed E-state index contributed by atoms with van der Waals surface area (Å²) in [6.45, 7) is 0. The molecule has 2 N–H and O–H groups in total. The highest BCUT2D eigenvalue weighted by Gasteiger charge is 2.17. The molecule has 0 aliphatic carbocycles. The minimum absolute atomic E-state index is 0.0266. The second-order valence-corrected chi connectivity index (χ2v) is 8.09. The van der Waals surface area contributed by atoms with E-state index in [2.05, 4.69) is 5.32 Å². The first kappa shape index (κ1) is 22.9. The van der Waals surface area contributed by atoms with Gasteiger partial charge in [0.2, 0.25) is 11.2 Å². The number of ether oxygens (including phenoxy) is 1. The third-order valence-corrected chi connectivity index (χ3v) is 5.76. The lowest BCUT2D eigenvalue weighted by Gasteiger charge is -2.10. The molecule has 0 saturated heterocycles. The SMILES string of the molecule is COc1cccc(C(=O)Nc2cccc(-c3oc4cc(-c5ccc(F)cc5)ccc4c(=O)c3O)c2)c1. The third kappa shape index (κ3) is 4.42. The molecular formula is C29H20FNO5. The summed E-state index contributed by atoms with van der Waals surface area (Å²) >= 11 is 0. The minimum Gasteiger partial charge on any atom is -0.502 e. The summed E-state index contributed by atoms with van der Waals surface area (Å²) in [5.74, 6) is -0.704. The topological polar surface area (TPSA) is 88.8 Å². The summed E-state index contributed by atoms with van der Waals surface area (Å²) in [6.07, 6.45) is 0. The number of hydrogen-bond acceptors (Lipinski definition) is 5. The van der Waals surface area contributed by atoms with Crippen molar-refractivity contribution in [1.82, 2.24) is 0 Å². The van der Waals surface area contributed by atoms with E-state index in [0.29, 0.717) is 22.6 Å². The number of carbonyl (C=O) groups is 1. The number of methoxy groups -OCH3 is 1. The molecule has 178 valence electrons. The highest BCUT2D eigenvalue weighted by Crippen LogP contribution is 2.33. The molecule has 0 aliphatic rings. The number of rotatable bonds is 5. The Hall–Kier alpha value is -4.91. The van der Waals surface area contributed by atoms with Crippen LogP contribution in [0.1, 0.15) is 10.4 Å². The highest BCUT2D eigenvalue weighted by molar-refractivity contribution is 6.04. The van der Waals surface area contributed by atoms with Gasteiger partial charge < -0.3 is 19.6 Å². The Morgan fingerprint density at radius 1 is 0.889 bits per heavy atom. The van der Waals surface area contributed by atoms with E-state index in [1.807, 2.05) is 0 Å². The van der Waals surface area contributed by atoms with Crippen molar-refractivity contribution in [3.63, 3.8) is 0 Å². The lowest BCUT2D eigenvalue weighted by molar-refractivity contribution is 0.102. The van der Waals surface area contributed by atoms with Crippen molar-refractivity contribution in [3.8, 4) is 33.9 Å². The molecule has 36 heavy (non-hydrogen) atoms. The van der Waals surface area contributed by atoms with Crippen LogP contribution in [0.2, 0.25) is 0 Å². The van der Waals surface area contributed by atoms with E-state index < -0.39 is 11.2 Å². The Bertz CT molecular complexity index is 1660. The standard InChI is InChI=1S/C29H20FNO5/c1-35-23-7-3-5-20(15-23)29(34)31-22-6-2-4-19(14-22)28-27(33)26(32)24-13-10-18(16-25(24)36-28)17-8-11-21(30)12-9-17/h2-16,33H,1H3,(H,31,34). The van der Waals surface area contributed by atoms with Crippen molar-refractivity contribution in [2.75, 3.05) is 12.4 Å². The van der Waals surface area contributed by atoms with Crippen LogP contribution in [-0.2, 0) is 0 Å². The molecule has 1 aromatic heterocycles. The summed E-state index contributed by atoms with van der Waals surface area (Å²) < 4.78 is 24.5. The number of carbonyl (C=O) groups excluding carboxylic acids is 1. The van der Waals surface area contributed by atoms with Gasteiger partial charge >= 0.3 is 0 Å². The molecule has 0 unspecified atom stereocenters. The van der Waals surface area contributed by atoms with E-state index in [-0.39, 0.29) is 28.5 Å². The Morgan fingerprint density at radius 3 is 2.42 bits per heavy atom. The largest absolute Gasteiger partial charge is 0.502 e. The Kier molecular flexibility index (Phi) is 5.96. The Labute approximate surface area is 205 Å². The van der Waals surface area contributed by atoms with Gasteiger partial charge in [-0.05, 0) is 65.7 Å². The van der Waals surface area contributed by atoms with Crippen LogP contribution in [0.15, 0.2) is 100 Å². The van der Waals surface area contributed by atoms with Gasteiger partial charge in [-0.1, -0.05) is 36.4 Å². The van der Waals surface area contributed by atoms with Crippen molar-refractivity contribution in [1.29, 1.82) is 0 Å². The molecule has 0 bridgehead atoms. The number of amides is 1. The van der Waals surface area contributed by atoms with Crippen LogP contribution in [0.5, 0.6) is 11.5 Å². The van der Waals surface area contributed by atoms with E-state index in [9.17, 15) is 19.1 Å². The van der Waals surface area contributed by atoms with E-state index in [0.717, 1.165) is 11.1 Å². The number of benzene rings is 4. The van der Waals surface area contributed by atoms with Gasteiger partial charge in [0.05, 0.1) is 12.5 Å². The molecule has 6 nitrogen and oxygen atoms in total. The summed E-state index contributed by atoms with van der Waals surface area (Å²) in [6, 6.07) is 24.3. The van der Waals surface area contributed by atoms with E-state index in [1.54, 1.807) is 78.9 Å². The molecule has 0 fully saturated rings. The zero-order chi connectivity index (χ0) is 25.2. The van der Waals surface area contributed by atoms with Crippen molar-refractivity contribution in [3.05, 3.63) is 113 Å². The molecule has 0 aliphatic heterocycles. The second-order valence-electron chi connectivity index (χ2n) is 8.09. The van der Waals surface area contributed by atoms with Crippen LogP contribution in [0.3, 0.4) is 0 Å². The maximum atomic E-state index is 13.3. The highest BCUT2D eigenvalue weighted by atomic mass is 19.1. The molecule has 0 spiro atoms. The van der Waals surface area contributed by atoms with Gasteiger partial charge in [-0.15, -0.1) is 0 Å². The van der Waals surface area contributed by atoms with Crippen LogP contribution < -0.4 is 15.5 Å². The maximum Gasteiger partial charge on any atom is 0.255 e. The van der Waals surface area contributed by atoms with Gasteiger partial charge in [0.15, 0.2) is 5.76 Å². The van der Waals surface area contributed by atoms with Crippen molar-refractivity contribution < 1.29 is 23.4 Å². The molecule has 0 saturated carbocycles. The number of hydrogen-bond donors (Lipinski definition) is 2. The fraction of sp³-hybridized carbons (Fsp3) is 0.0345. The zero-order valence-electron chi connectivity index (χ0n) is 19.1. The maximum absolute atomic E-state index is 13.3. The molecule has 1 heterocycles. The number of anilines is 1. The van der Waals surface area contributed by atoms with Gasteiger partial charge in [0.1, 0.15) is 17.1 Å². The summed E-state index contributed by atoms with van der Waals surface area (Å²) in [5.41, 5.74) is 2.42. The van der Waals surface area contributed by atoms with Crippen molar-refractivity contribution >= 4 is 22.6 Å². The first-order valence-electron chi connectivity index (χ1n) is 11.0. The van der Waals surface area contributed by atoms with E-state index >= 15 is 0 Å². The Balaban J connectivity index is 1.52. The van der Waals surface area contributed by atoms with Gasteiger partial charge in [-0.25, -0.2) is 4.39 Å². The third-order valence-electron chi connectivity index (χ3n) is 5.76. The van der Waals surface area contributed by atoms with Crippen LogP contribution in [0.4, 0.5) is 10.1 Å². The molecule has 0 atom stereocenters. The summed E-state index contributed by atoms with van der Waals surface area (Å²) in [7, 11) is 1.52. The zero-order valence-corrected chi connectivity index (χ0v) is 19.1. The van der Waals surface area contributed by atoms with Gasteiger partial charge in [0.25, 0.3) is 5.91 Å². The normalized spacial score (nSPS) is 10.8. The molecule has 5 rings (SSSR count). The first-order chi connectivity index (χ1) is 17.4. The summed E-state index contributed by atoms with van der Waals surface area (Å²) in [5, 5.41) is 13.6. The monoisotopic (exact) mass is 481 g/mol. The van der Waals surface area contributed by atoms with Crippen LogP contribution >= 0.6 is 0 Å². The quantitative estimate of drug-likeness (QED) is 0.311. The average Bonchev–Trinajstić information content (AvgIpc) is 2.91. The molecular weight excluding hydrogens is 461 g/mol.